The van der Waals surface area contributed by atoms with Crippen LogP contribution in [0.2, 0.25) is 0 Å². The largest absolute Gasteiger partial charge is 0.354 e. The molecule has 0 aliphatic rings. The second-order valence-electron chi connectivity index (χ2n) is 9.38. The predicted molar refractivity (Wildman–Crippen MR) is 161 cm³/mol. The van der Waals surface area contributed by atoms with Gasteiger partial charge in [0.25, 0.3) is 5.91 Å². The second-order valence-corrected chi connectivity index (χ2v) is 11.3. The molecule has 0 aliphatic heterocycles. The van der Waals surface area contributed by atoms with Gasteiger partial charge in [-0.1, -0.05) is 30.3 Å². The number of aryl methyl sites for hydroxylation is 2. The Balaban J connectivity index is 1.39. The fraction of sp³-hybridized carbons (Fsp3) is 0.194. The first-order chi connectivity index (χ1) is 19.3. The van der Waals surface area contributed by atoms with Gasteiger partial charge in [0.1, 0.15) is 11.6 Å². The van der Waals surface area contributed by atoms with Crippen LogP contribution in [0.3, 0.4) is 0 Å². The third-order valence-electron chi connectivity index (χ3n) is 6.44. The van der Waals surface area contributed by atoms with Crippen molar-refractivity contribution in [1.29, 1.82) is 0 Å². The van der Waals surface area contributed by atoms with E-state index in [-0.39, 0.29) is 5.91 Å². The predicted octanol–water partition coefficient (Wildman–Crippen LogP) is 7.88. The number of amides is 1. The molecular weight excluding hydrogens is 523 g/mol. The third kappa shape index (κ3) is 5.89. The number of nitrogens with one attached hydrogen (secondary N) is 2. The number of anilines is 1. The molecule has 2 aromatic heterocycles. The van der Waals surface area contributed by atoms with Crippen LogP contribution in [-0.2, 0) is 13.6 Å². The van der Waals surface area contributed by atoms with Gasteiger partial charge in [-0.3, -0.25) is 9.36 Å². The van der Waals surface area contributed by atoms with E-state index in [2.05, 4.69) is 15.3 Å². The third-order valence-corrected chi connectivity index (χ3v) is 8.19. The molecule has 8 nitrogen and oxygen atoms in total. The standard InChI is InChI=1S/C31H31N4O4P/c1-5-38-40(37,39-6-2)16-15-22-17-20(3)29(21(4)18-22)30-33-26-13-11-24(19-27(26)34-30)31(36)35-28-14-12-23-9-7-8-10-25(23)32-28/h7-19H,5-6H2,1-4H3,(H,33,34)(H,32,35,36). The van der Waals surface area contributed by atoms with Crippen LogP contribution >= 0.6 is 7.60 Å². The number of para-hydroxylation sites is 1. The number of fused-ring (bicyclic) bond motifs is 2. The van der Waals surface area contributed by atoms with E-state index in [4.69, 9.17) is 14.0 Å². The lowest BCUT2D eigenvalue weighted by molar-refractivity contribution is 0.102. The Bertz CT molecular complexity index is 1760. The summed E-state index contributed by atoms with van der Waals surface area (Å²) in [6, 6.07) is 20.9. The van der Waals surface area contributed by atoms with Gasteiger partial charge in [0.2, 0.25) is 0 Å². The molecular formula is C31H31N4O4P. The second kappa shape index (κ2) is 11.6. The molecule has 5 aromatic rings. The van der Waals surface area contributed by atoms with E-state index in [9.17, 15) is 9.36 Å². The number of nitrogens with zero attached hydrogens (tertiary/aromatic N) is 2. The fourth-order valence-corrected chi connectivity index (χ4v) is 6.04. The van der Waals surface area contributed by atoms with Gasteiger partial charge in [-0.15, -0.1) is 0 Å². The number of aromatic amines is 1. The number of hydrogen-bond acceptors (Lipinski definition) is 6. The van der Waals surface area contributed by atoms with Gasteiger partial charge in [-0.2, -0.15) is 0 Å². The zero-order chi connectivity index (χ0) is 28.3. The number of imidazole rings is 1. The van der Waals surface area contributed by atoms with Crippen LogP contribution in [0.5, 0.6) is 0 Å². The lowest BCUT2D eigenvalue weighted by Crippen LogP contribution is -2.12. The monoisotopic (exact) mass is 554 g/mol. The van der Waals surface area contributed by atoms with Gasteiger partial charge in [0.15, 0.2) is 0 Å². The van der Waals surface area contributed by atoms with Gasteiger partial charge in [0, 0.05) is 22.3 Å². The van der Waals surface area contributed by atoms with Gasteiger partial charge in [0.05, 0.1) is 29.8 Å². The molecule has 2 heterocycles. The van der Waals surface area contributed by atoms with E-state index in [0.717, 1.165) is 44.2 Å². The summed E-state index contributed by atoms with van der Waals surface area (Å²) in [5, 5.41) is 3.90. The van der Waals surface area contributed by atoms with Crippen molar-refractivity contribution in [3.05, 3.63) is 94.8 Å². The number of H-pyrrole nitrogens is 1. The number of carbonyl (C=O) groups excluding carboxylic acids is 1. The zero-order valence-electron chi connectivity index (χ0n) is 22.9. The van der Waals surface area contributed by atoms with Crippen molar-refractivity contribution >= 4 is 47.3 Å². The van der Waals surface area contributed by atoms with Gasteiger partial charge in [-0.05, 0) is 86.9 Å². The van der Waals surface area contributed by atoms with Crippen molar-refractivity contribution in [3.8, 4) is 11.4 Å². The lowest BCUT2D eigenvalue weighted by atomic mass is 9.99. The topological polar surface area (TPSA) is 106 Å². The number of aromatic nitrogens is 3. The van der Waals surface area contributed by atoms with Crippen molar-refractivity contribution in [3.63, 3.8) is 0 Å². The molecule has 0 saturated carbocycles. The van der Waals surface area contributed by atoms with Crippen LogP contribution in [0.15, 0.2) is 72.5 Å². The smallest absolute Gasteiger partial charge is 0.338 e. The van der Waals surface area contributed by atoms with Crippen LogP contribution in [0.4, 0.5) is 5.82 Å². The highest BCUT2D eigenvalue weighted by atomic mass is 31.2. The number of carbonyl (C=O) groups is 1. The molecule has 3 aromatic carbocycles. The summed E-state index contributed by atoms with van der Waals surface area (Å²) in [5.41, 5.74) is 6.69. The Morgan fingerprint density at radius 3 is 2.38 bits per heavy atom. The highest BCUT2D eigenvalue weighted by Gasteiger charge is 2.19. The molecule has 0 radical (unpaired) electrons. The van der Waals surface area contributed by atoms with Crippen LogP contribution in [0.25, 0.3) is 39.4 Å². The molecule has 5 rings (SSSR count). The average Bonchev–Trinajstić information content (AvgIpc) is 3.34. The van der Waals surface area contributed by atoms with Crippen molar-refractivity contribution in [2.75, 3.05) is 18.5 Å². The Labute approximate surface area is 233 Å². The Kier molecular flexibility index (Phi) is 7.94. The summed E-state index contributed by atoms with van der Waals surface area (Å²) in [6.07, 6.45) is 1.77. The van der Waals surface area contributed by atoms with Crippen LogP contribution in [0, 0.1) is 13.8 Å². The van der Waals surface area contributed by atoms with E-state index in [0.29, 0.717) is 30.4 Å². The van der Waals surface area contributed by atoms with Crippen LogP contribution in [-0.4, -0.2) is 34.1 Å². The molecule has 0 atom stereocenters. The maximum Gasteiger partial charge on any atom is 0.354 e. The first-order valence-corrected chi connectivity index (χ1v) is 14.8. The van der Waals surface area contributed by atoms with Gasteiger partial charge < -0.3 is 19.3 Å². The number of rotatable bonds is 9. The van der Waals surface area contributed by atoms with Gasteiger partial charge in [-0.25, -0.2) is 9.97 Å². The maximum atomic E-state index is 13.0. The molecule has 0 fully saturated rings. The minimum Gasteiger partial charge on any atom is -0.338 e. The molecule has 0 bridgehead atoms. The Hall–Kier alpha value is -4.10. The van der Waals surface area contributed by atoms with Crippen molar-refractivity contribution in [1.82, 2.24) is 15.0 Å². The minimum atomic E-state index is -3.29. The van der Waals surface area contributed by atoms with E-state index in [1.807, 2.05) is 62.4 Å². The Morgan fingerprint density at radius 1 is 0.925 bits per heavy atom. The molecule has 2 N–H and O–H groups in total. The molecule has 40 heavy (non-hydrogen) atoms. The summed E-state index contributed by atoms with van der Waals surface area (Å²) in [5.74, 6) is 2.47. The summed E-state index contributed by atoms with van der Waals surface area (Å²) < 4.78 is 23.5. The molecule has 0 spiro atoms. The molecule has 0 unspecified atom stereocenters. The first kappa shape index (κ1) is 27.5. The van der Waals surface area contributed by atoms with E-state index in [1.165, 1.54) is 5.82 Å². The highest BCUT2D eigenvalue weighted by molar-refractivity contribution is 7.57. The fourth-order valence-electron chi connectivity index (χ4n) is 4.72. The SMILES string of the molecule is CCOP(=O)(C=Cc1cc(C)c(-c2nc3ccc(C(=O)Nc4ccc5ccccc5n4)cc3[nH]2)c(C)c1)OCC. The summed E-state index contributed by atoms with van der Waals surface area (Å²) in [6.45, 7) is 8.18. The molecule has 1 amide bonds. The zero-order valence-corrected chi connectivity index (χ0v) is 23.8. The maximum absolute atomic E-state index is 13.0. The van der Waals surface area contributed by atoms with Crippen LogP contribution in [0.1, 0.15) is 40.9 Å². The molecule has 204 valence electrons. The molecule has 9 heteroatoms. The quantitative estimate of drug-likeness (QED) is 0.180. The van der Waals surface area contributed by atoms with E-state index < -0.39 is 7.60 Å². The number of pyridine rings is 1. The lowest BCUT2D eigenvalue weighted by Gasteiger charge is -2.13. The normalized spacial score (nSPS) is 12.0. The van der Waals surface area contributed by atoms with Crippen molar-refractivity contribution in [2.24, 2.45) is 0 Å². The van der Waals surface area contributed by atoms with Crippen LogP contribution < -0.4 is 5.32 Å². The minimum absolute atomic E-state index is 0.249. The average molecular weight is 555 g/mol. The molecule has 0 saturated heterocycles. The van der Waals surface area contributed by atoms with Crippen molar-refractivity contribution in [2.45, 2.75) is 27.7 Å². The van der Waals surface area contributed by atoms with Crippen molar-refractivity contribution < 1.29 is 18.4 Å². The van der Waals surface area contributed by atoms with Gasteiger partial charge >= 0.3 is 7.60 Å². The first-order valence-electron chi connectivity index (χ1n) is 13.1. The highest BCUT2D eigenvalue weighted by Crippen LogP contribution is 2.50. The van der Waals surface area contributed by atoms with E-state index >= 15 is 0 Å². The summed E-state index contributed by atoms with van der Waals surface area (Å²) in [7, 11) is -3.29. The number of benzene rings is 3. The Morgan fingerprint density at radius 2 is 1.65 bits per heavy atom. The molecule has 0 aliphatic carbocycles. The number of hydrogen-bond donors (Lipinski definition) is 2. The summed E-state index contributed by atoms with van der Waals surface area (Å²) >= 11 is 0. The van der Waals surface area contributed by atoms with E-state index in [1.54, 1.807) is 38.1 Å². The summed E-state index contributed by atoms with van der Waals surface area (Å²) in [4.78, 5) is 25.7.